The number of aromatic nitrogens is 2. The maximum Gasteiger partial charge on any atom is 0.137 e. The fourth-order valence-corrected chi connectivity index (χ4v) is 3.40. The van der Waals surface area contributed by atoms with Gasteiger partial charge in [0.2, 0.25) is 0 Å². The first kappa shape index (κ1) is 13.2. The largest absolute Gasteiger partial charge is 0.374 e. The molecule has 2 aromatic rings. The van der Waals surface area contributed by atoms with E-state index in [9.17, 15) is 0 Å². The summed E-state index contributed by atoms with van der Waals surface area (Å²) in [5.41, 5.74) is 2.14. The van der Waals surface area contributed by atoms with Gasteiger partial charge in [0, 0.05) is 31.5 Å². The van der Waals surface area contributed by atoms with E-state index < -0.39 is 0 Å². The van der Waals surface area contributed by atoms with Gasteiger partial charge >= 0.3 is 0 Å². The van der Waals surface area contributed by atoms with Crippen molar-refractivity contribution < 1.29 is 4.74 Å². The van der Waals surface area contributed by atoms with Gasteiger partial charge in [-0.15, -0.1) is 0 Å². The normalized spacial score (nSPS) is 27.3. The Morgan fingerprint density at radius 2 is 2.29 bits per heavy atom. The lowest BCUT2D eigenvalue weighted by atomic mass is 10.0. The molecule has 2 atom stereocenters. The van der Waals surface area contributed by atoms with E-state index >= 15 is 0 Å². The SMILES string of the molecule is CNCC1OCCN(C2CC2)C1c1cn2ccccc2n1. The Bertz CT molecular complexity index is 587. The van der Waals surface area contributed by atoms with Crippen molar-refractivity contribution in [1.29, 1.82) is 0 Å². The molecule has 5 nitrogen and oxygen atoms in total. The highest BCUT2D eigenvalue weighted by Crippen LogP contribution is 2.38. The number of nitrogens with one attached hydrogen (secondary N) is 1. The van der Waals surface area contributed by atoms with E-state index in [1.165, 1.54) is 12.8 Å². The van der Waals surface area contributed by atoms with E-state index in [1.807, 2.05) is 19.2 Å². The van der Waals surface area contributed by atoms with Crippen molar-refractivity contribution in [2.75, 3.05) is 26.7 Å². The second kappa shape index (κ2) is 5.40. The van der Waals surface area contributed by atoms with Crippen LogP contribution < -0.4 is 5.32 Å². The molecule has 4 rings (SSSR count). The van der Waals surface area contributed by atoms with E-state index in [4.69, 9.17) is 9.72 Å². The molecule has 0 aromatic carbocycles. The average Bonchev–Trinajstić information content (AvgIpc) is 3.26. The predicted molar refractivity (Wildman–Crippen MR) is 81.3 cm³/mol. The molecule has 0 amide bonds. The number of ether oxygens (including phenoxy) is 1. The lowest BCUT2D eigenvalue weighted by molar-refractivity contribution is -0.0751. The van der Waals surface area contributed by atoms with Gasteiger partial charge < -0.3 is 14.5 Å². The van der Waals surface area contributed by atoms with Gasteiger partial charge in [0.15, 0.2) is 0 Å². The summed E-state index contributed by atoms with van der Waals surface area (Å²) < 4.78 is 8.14. The first-order valence-electron chi connectivity index (χ1n) is 7.82. The number of hydrogen-bond donors (Lipinski definition) is 1. The summed E-state index contributed by atoms with van der Waals surface area (Å²) in [5, 5.41) is 3.26. The number of rotatable bonds is 4. The van der Waals surface area contributed by atoms with Crippen molar-refractivity contribution in [1.82, 2.24) is 19.6 Å². The Morgan fingerprint density at radius 1 is 1.38 bits per heavy atom. The van der Waals surface area contributed by atoms with Gasteiger partial charge in [-0.25, -0.2) is 4.98 Å². The van der Waals surface area contributed by atoms with Crippen LogP contribution in [0.25, 0.3) is 5.65 Å². The zero-order chi connectivity index (χ0) is 14.2. The fourth-order valence-electron chi connectivity index (χ4n) is 3.40. The van der Waals surface area contributed by atoms with E-state index in [2.05, 4.69) is 33.1 Å². The van der Waals surface area contributed by atoms with Gasteiger partial charge in [-0.05, 0) is 32.0 Å². The van der Waals surface area contributed by atoms with Crippen LogP contribution in [-0.2, 0) is 4.74 Å². The minimum absolute atomic E-state index is 0.175. The van der Waals surface area contributed by atoms with Crippen LogP contribution in [0.2, 0.25) is 0 Å². The summed E-state index contributed by atoms with van der Waals surface area (Å²) in [7, 11) is 1.99. The Balaban J connectivity index is 1.71. The molecule has 5 heteroatoms. The molecule has 1 aliphatic heterocycles. The summed E-state index contributed by atoms with van der Waals surface area (Å²) in [6, 6.07) is 7.12. The standard InChI is InChI=1S/C16H22N4O/c1-17-10-14-16(20(8-9-21-14)12-5-6-12)13-11-19-7-3-2-4-15(19)18-13/h2-4,7,11-12,14,16-17H,5-6,8-10H2,1H3. The van der Waals surface area contributed by atoms with E-state index in [0.717, 1.165) is 37.1 Å². The Hall–Kier alpha value is -1.43. The maximum atomic E-state index is 6.04. The number of fused-ring (bicyclic) bond motifs is 1. The van der Waals surface area contributed by atoms with Crippen LogP contribution in [0.5, 0.6) is 0 Å². The molecule has 1 saturated heterocycles. The minimum Gasteiger partial charge on any atom is -0.374 e. The van der Waals surface area contributed by atoms with Crippen molar-refractivity contribution in [2.45, 2.75) is 31.0 Å². The summed E-state index contributed by atoms with van der Waals surface area (Å²) in [5.74, 6) is 0. The highest BCUT2D eigenvalue weighted by atomic mass is 16.5. The highest BCUT2D eigenvalue weighted by molar-refractivity contribution is 5.40. The summed E-state index contributed by atoms with van der Waals surface area (Å²) in [6.07, 6.45) is 7.03. The second-order valence-electron chi connectivity index (χ2n) is 6.01. The number of hydrogen-bond acceptors (Lipinski definition) is 4. The van der Waals surface area contributed by atoms with E-state index in [0.29, 0.717) is 0 Å². The molecule has 2 unspecified atom stereocenters. The van der Waals surface area contributed by atoms with Gasteiger partial charge in [-0.3, -0.25) is 4.90 Å². The number of likely N-dealkylation sites (N-methyl/N-ethyl adjacent to an activating group) is 1. The summed E-state index contributed by atoms with van der Waals surface area (Å²) in [6.45, 7) is 2.71. The number of nitrogens with zero attached hydrogens (tertiary/aromatic N) is 3. The fraction of sp³-hybridized carbons (Fsp3) is 0.562. The van der Waals surface area contributed by atoms with Crippen molar-refractivity contribution in [3.63, 3.8) is 0 Å². The first-order valence-corrected chi connectivity index (χ1v) is 7.82. The number of pyridine rings is 1. The summed E-state index contributed by atoms with van der Waals surface area (Å²) >= 11 is 0. The van der Waals surface area contributed by atoms with Crippen molar-refractivity contribution in [3.8, 4) is 0 Å². The third-order valence-corrected chi connectivity index (χ3v) is 4.50. The molecule has 3 heterocycles. The van der Waals surface area contributed by atoms with Gasteiger partial charge in [-0.2, -0.15) is 0 Å². The average molecular weight is 286 g/mol. The van der Waals surface area contributed by atoms with E-state index in [1.54, 1.807) is 0 Å². The third kappa shape index (κ3) is 2.46. The van der Waals surface area contributed by atoms with Crippen molar-refractivity contribution in [3.05, 3.63) is 36.3 Å². The summed E-state index contributed by atoms with van der Waals surface area (Å²) in [4.78, 5) is 7.45. The molecular weight excluding hydrogens is 264 g/mol. The molecule has 2 aliphatic rings. The molecule has 112 valence electrons. The third-order valence-electron chi connectivity index (χ3n) is 4.50. The van der Waals surface area contributed by atoms with Crippen LogP contribution in [-0.4, -0.2) is 53.2 Å². The van der Waals surface area contributed by atoms with Crippen LogP contribution in [0.3, 0.4) is 0 Å². The van der Waals surface area contributed by atoms with Crippen molar-refractivity contribution >= 4 is 5.65 Å². The molecule has 1 saturated carbocycles. The van der Waals surface area contributed by atoms with Crippen molar-refractivity contribution in [2.24, 2.45) is 0 Å². The first-order chi connectivity index (χ1) is 10.4. The van der Waals surface area contributed by atoms with Gasteiger partial charge in [0.25, 0.3) is 0 Å². The Kier molecular flexibility index (Phi) is 3.41. The van der Waals surface area contributed by atoms with Crippen LogP contribution in [0.1, 0.15) is 24.6 Å². The lowest BCUT2D eigenvalue weighted by Crippen LogP contribution is -2.49. The molecular formula is C16H22N4O. The zero-order valence-electron chi connectivity index (χ0n) is 12.4. The number of morpholine rings is 1. The van der Waals surface area contributed by atoms with E-state index in [-0.39, 0.29) is 12.1 Å². The highest BCUT2D eigenvalue weighted by Gasteiger charge is 2.42. The van der Waals surface area contributed by atoms with Crippen LogP contribution in [0.4, 0.5) is 0 Å². The van der Waals surface area contributed by atoms with Gasteiger partial charge in [0.05, 0.1) is 24.4 Å². The molecule has 2 aromatic heterocycles. The lowest BCUT2D eigenvalue weighted by Gasteiger charge is -2.40. The molecule has 0 radical (unpaired) electrons. The second-order valence-corrected chi connectivity index (χ2v) is 6.01. The van der Waals surface area contributed by atoms with Crippen LogP contribution in [0.15, 0.2) is 30.6 Å². The minimum atomic E-state index is 0.175. The van der Waals surface area contributed by atoms with Crippen LogP contribution >= 0.6 is 0 Å². The number of imidazole rings is 1. The molecule has 0 bridgehead atoms. The van der Waals surface area contributed by atoms with Gasteiger partial charge in [-0.1, -0.05) is 6.07 Å². The Labute approximate surface area is 124 Å². The predicted octanol–water partition coefficient (Wildman–Crippen LogP) is 1.46. The molecule has 21 heavy (non-hydrogen) atoms. The molecule has 2 fully saturated rings. The molecule has 1 N–H and O–H groups in total. The Morgan fingerprint density at radius 3 is 3.05 bits per heavy atom. The van der Waals surface area contributed by atoms with Crippen LogP contribution in [0, 0.1) is 0 Å². The topological polar surface area (TPSA) is 41.8 Å². The monoisotopic (exact) mass is 286 g/mol. The zero-order valence-corrected chi connectivity index (χ0v) is 12.4. The quantitative estimate of drug-likeness (QED) is 0.924. The maximum absolute atomic E-state index is 6.04. The molecule has 1 aliphatic carbocycles. The van der Waals surface area contributed by atoms with Gasteiger partial charge in [0.1, 0.15) is 5.65 Å². The smallest absolute Gasteiger partial charge is 0.137 e. The molecule has 0 spiro atoms.